The predicted molar refractivity (Wildman–Crippen MR) is 64.5 cm³/mol. The van der Waals surface area contributed by atoms with Crippen molar-refractivity contribution in [2.24, 2.45) is 5.92 Å². The molecule has 4 heteroatoms. The molecule has 0 radical (unpaired) electrons. The van der Waals surface area contributed by atoms with E-state index in [1.54, 1.807) is 0 Å². The van der Waals surface area contributed by atoms with Crippen molar-refractivity contribution in [1.82, 2.24) is 10.6 Å². The number of carboxylic acid groups (broad SMARTS) is 1. The van der Waals surface area contributed by atoms with Crippen LogP contribution in [0.3, 0.4) is 0 Å². The molecule has 94 valence electrons. The first-order chi connectivity index (χ1) is 7.58. The van der Waals surface area contributed by atoms with Crippen molar-refractivity contribution < 1.29 is 9.90 Å². The summed E-state index contributed by atoms with van der Waals surface area (Å²) in [6.45, 7) is 5.60. The van der Waals surface area contributed by atoms with Crippen LogP contribution in [0.1, 0.15) is 39.5 Å². The van der Waals surface area contributed by atoms with E-state index in [-0.39, 0.29) is 6.54 Å². The van der Waals surface area contributed by atoms with Gasteiger partial charge in [-0.25, -0.2) is 0 Å². The molecule has 3 N–H and O–H groups in total. The number of hydrogen-bond donors (Lipinski definition) is 3. The summed E-state index contributed by atoms with van der Waals surface area (Å²) >= 11 is 0. The van der Waals surface area contributed by atoms with Crippen LogP contribution in [0.5, 0.6) is 0 Å². The van der Waals surface area contributed by atoms with E-state index >= 15 is 0 Å². The molecule has 0 heterocycles. The number of carbonyl (C=O) groups is 1. The maximum atomic E-state index is 10.4. The molecular formula is C12H24N2O2. The Kier molecular flexibility index (Phi) is 5.77. The molecule has 0 bridgehead atoms. The van der Waals surface area contributed by atoms with Gasteiger partial charge in [0, 0.05) is 12.1 Å². The minimum atomic E-state index is -0.764. The van der Waals surface area contributed by atoms with Crippen molar-refractivity contribution in [3.8, 4) is 0 Å². The lowest BCUT2D eigenvalue weighted by atomic mass is 9.91. The molecule has 16 heavy (non-hydrogen) atoms. The van der Waals surface area contributed by atoms with Crippen LogP contribution in [0.15, 0.2) is 0 Å². The summed E-state index contributed by atoms with van der Waals surface area (Å²) in [6.07, 6.45) is 4.49. The molecular weight excluding hydrogens is 204 g/mol. The van der Waals surface area contributed by atoms with Crippen molar-refractivity contribution in [2.45, 2.75) is 51.6 Å². The molecule has 1 fully saturated rings. The van der Waals surface area contributed by atoms with Crippen LogP contribution < -0.4 is 10.6 Å². The van der Waals surface area contributed by atoms with E-state index in [0.717, 1.165) is 32.2 Å². The molecule has 0 aromatic carbocycles. The van der Waals surface area contributed by atoms with Gasteiger partial charge in [-0.15, -0.1) is 0 Å². The summed E-state index contributed by atoms with van der Waals surface area (Å²) in [5, 5.41) is 15.2. The largest absolute Gasteiger partial charge is 0.480 e. The van der Waals surface area contributed by atoms with E-state index in [9.17, 15) is 4.79 Å². The Hall–Kier alpha value is -0.610. The van der Waals surface area contributed by atoms with Crippen molar-refractivity contribution in [1.29, 1.82) is 0 Å². The van der Waals surface area contributed by atoms with Gasteiger partial charge < -0.3 is 15.7 Å². The first-order valence-corrected chi connectivity index (χ1v) is 6.26. The normalized spacial score (nSPS) is 25.9. The van der Waals surface area contributed by atoms with Crippen LogP contribution in [-0.4, -0.2) is 36.2 Å². The lowest BCUT2D eigenvalue weighted by Gasteiger charge is -2.30. The van der Waals surface area contributed by atoms with Crippen molar-refractivity contribution in [2.75, 3.05) is 13.1 Å². The van der Waals surface area contributed by atoms with Gasteiger partial charge in [-0.2, -0.15) is 0 Å². The van der Waals surface area contributed by atoms with Gasteiger partial charge in [0.05, 0.1) is 6.54 Å². The van der Waals surface area contributed by atoms with Crippen molar-refractivity contribution >= 4 is 5.97 Å². The average Bonchev–Trinajstić information content (AvgIpc) is 2.25. The fourth-order valence-corrected chi connectivity index (χ4v) is 2.14. The Bertz CT molecular complexity index is 211. The fourth-order valence-electron chi connectivity index (χ4n) is 2.14. The third kappa shape index (κ3) is 5.47. The van der Waals surface area contributed by atoms with E-state index in [1.165, 1.54) is 0 Å². The van der Waals surface area contributed by atoms with Gasteiger partial charge in [0.25, 0.3) is 0 Å². The van der Waals surface area contributed by atoms with E-state index in [0.29, 0.717) is 18.0 Å². The van der Waals surface area contributed by atoms with Gasteiger partial charge in [-0.3, -0.25) is 4.79 Å². The minimum Gasteiger partial charge on any atom is -0.480 e. The standard InChI is InChI=1S/C12H24N2O2/c1-9(2)7-13-10-3-5-11(6-4-10)14-8-12(15)16/h9-11,13-14H,3-8H2,1-2H3,(H,15,16). The molecule has 0 aromatic rings. The maximum Gasteiger partial charge on any atom is 0.317 e. The Morgan fingerprint density at radius 2 is 1.69 bits per heavy atom. The van der Waals surface area contributed by atoms with Crippen LogP contribution in [0, 0.1) is 5.92 Å². The summed E-state index contributed by atoms with van der Waals surface area (Å²) in [5.74, 6) is -0.0667. The summed E-state index contributed by atoms with van der Waals surface area (Å²) in [6, 6.07) is 1.03. The second-order valence-corrected chi connectivity index (χ2v) is 5.13. The highest BCUT2D eigenvalue weighted by Crippen LogP contribution is 2.18. The quantitative estimate of drug-likeness (QED) is 0.639. The van der Waals surface area contributed by atoms with E-state index < -0.39 is 5.97 Å². The lowest BCUT2D eigenvalue weighted by molar-refractivity contribution is -0.136. The fraction of sp³-hybridized carbons (Fsp3) is 0.917. The SMILES string of the molecule is CC(C)CNC1CCC(NCC(=O)O)CC1. The molecule has 0 amide bonds. The summed E-state index contributed by atoms with van der Waals surface area (Å²) in [7, 11) is 0. The van der Waals surface area contributed by atoms with Crippen LogP contribution in [-0.2, 0) is 4.79 Å². The van der Waals surface area contributed by atoms with Gasteiger partial charge in [0.2, 0.25) is 0 Å². The van der Waals surface area contributed by atoms with E-state index in [2.05, 4.69) is 24.5 Å². The molecule has 1 aliphatic carbocycles. The Morgan fingerprint density at radius 1 is 1.19 bits per heavy atom. The maximum absolute atomic E-state index is 10.4. The van der Waals surface area contributed by atoms with Crippen molar-refractivity contribution in [3.63, 3.8) is 0 Å². The Labute approximate surface area is 97.8 Å². The Morgan fingerprint density at radius 3 is 2.12 bits per heavy atom. The van der Waals surface area contributed by atoms with Gasteiger partial charge in [0.1, 0.15) is 0 Å². The van der Waals surface area contributed by atoms with Crippen LogP contribution in [0.2, 0.25) is 0 Å². The van der Waals surface area contributed by atoms with Gasteiger partial charge in [-0.05, 0) is 38.1 Å². The first-order valence-electron chi connectivity index (χ1n) is 6.26. The highest BCUT2D eigenvalue weighted by molar-refractivity contribution is 5.69. The zero-order valence-electron chi connectivity index (χ0n) is 10.3. The zero-order chi connectivity index (χ0) is 12.0. The second-order valence-electron chi connectivity index (χ2n) is 5.13. The van der Waals surface area contributed by atoms with Crippen molar-refractivity contribution in [3.05, 3.63) is 0 Å². The van der Waals surface area contributed by atoms with Gasteiger partial charge in [-0.1, -0.05) is 13.8 Å². The topological polar surface area (TPSA) is 61.4 Å². The van der Waals surface area contributed by atoms with E-state index in [4.69, 9.17) is 5.11 Å². The highest BCUT2D eigenvalue weighted by atomic mass is 16.4. The van der Waals surface area contributed by atoms with Gasteiger partial charge >= 0.3 is 5.97 Å². The molecule has 1 saturated carbocycles. The first kappa shape index (κ1) is 13.5. The summed E-state index contributed by atoms with van der Waals surface area (Å²) < 4.78 is 0. The van der Waals surface area contributed by atoms with Crippen LogP contribution >= 0.6 is 0 Å². The molecule has 1 rings (SSSR count). The molecule has 0 saturated heterocycles. The highest BCUT2D eigenvalue weighted by Gasteiger charge is 2.20. The van der Waals surface area contributed by atoms with Crippen LogP contribution in [0.25, 0.3) is 0 Å². The predicted octanol–water partition coefficient (Wildman–Crippen LogP) is 1.22. The molecule has 0 unspecified atom stereocenters. The number of rotatable bonds is 6. The number of nitrogens with one attached hydrogen (secondary N) is 2. The molecule has 0 spiro atoms. The molecule has 0 atom stereocenters. The zero-order valence-corrected chi connectivity index (χ0v) is 10.3. The molecule has 1 aliphatic rings. The summed E-state index contributed by atoms with van der Waals surface area (Å²) in [5.41, 5.74) is 0. The number of carboxylic acids is 1. The van der Waals surface area contributed by atoms with Crippen LogP contribution in [0.4, 0.5) is 0 Å². The number of aliphatic carboxylic acids is 1. The summed E-state index contributed by atoms with van der Waals surface area (Å²) in [4.78, 5) is 10.4. The Balaban J connectivity index is 2.11. The molecule has 0 aromatic heterocycles. The smallest absolute Gasteiger partial charge is 0.317 e. The third-order valence-electron chi connectivity index (χ3n) is 3.08. The third-order valence-corrected chi connectivity index (χ3v) is 3.08. The number of hydrogen-bond acceptors (Lipinski definition) is 3. The van der Waals surface area contributed by atoms with E-state index in [1.807, 2.05) is 0 Å². The monoisotopic (exact) mass is 228 g/mol. The minimum absolute atomic E-state index is 0.0920. The lowest BCUT2D eigenvalue weighted by Crippen LogP contribution is -2.42. The second kappa shape index (κ2) is 6.86. The average molecular weight is 228 g/mol. The molecule has 4 nitrogen and oxygen atoms in total. The van der Waals surface area contributed by atoms with Gasteiger partial charge in [0.15, 0.2) is 0 Å². The molecule has 0 aliphatic heterocycles.